The molecule has 0 unspecified atom stereocenters. The summed E-state index contributed by atoms with van der Waals surface area (Å²) >= 11 is 0. The van der Waals surface area contributed by atoms with Gasteiger partial charge < -0.3 is 10.1 Å². The minimum absolute atomic E-state index is 0.114. The Morgan fingerprint density at radius 3 is 2.59 bits per heavy atom. The summed E-state index contributed by atoms with van der Waals surface area (Å²) in [6, 6.07) is 0. The van der Waals surface area contributed by atoms with E-state index in [-0.39, 0.29) is 17.2 Å². The average Bonchev–Trinajstić information content (AvgIpc) is 2.74. The van der Waals surface area contributed by atoms with E-state index >= 15 is 0 Å². The molecular weight excluding hydrogens is 214 g/mol. The topological polar surface area (TPSA) is 38.3 Å². The highest BCUT2D eigenvalue weighted by atomic mass is 16.5. The van der Waals surface area contributed by atoms with Crippen molar-refractivity contribution in [2.24, 2.45) is 17.3 Å². The molecule has 0 aromatic rings. The molecule has 17 heavy (non-hydrogen) atoms. The number of methoxy groups -OCH3 is 1. The molecule has 0 radical (unpaired) electrons. The monoisotopic (exact) mass is 239 g/mol. The van der Waals surface area contributed by atoms with Gasteiger partial charge in [-0.3, -0.25) is 4.79 Å². The zero-order valence-corrected chi connectivity index (χ0v) is 11.7. The summed E-state index contributed by atoms with van der Waals surface area (Å²) in [5, 5.41) is 2.99. The number of allylic oxidation sites excluding steroid dienone is 2. The van der Waals surface area contributed by atoms with Crippen molar-refractivity contribution in [2.75, 3.05) is 20.3 Å². The first kappa shape index (κ1) is 14.2. The Balaban J connectivity index is 2.41. The van der Waals surface area contributed by atoms with Crippen molar-refractivity contribution in [1.82, 2.24) is 5.32 Å². The van der Waals surface area contributed by atoms with Gasteiger partial charge in [0.1, 0.15) is 0 Å². The van der Waals surface area contributed by atoms with Crippen molar-refractivity contribution in [3.05, 3.63) is 11.6 Å². The van der Waals surface area contributed by atoms with Gasteiger partial charge in [0.15, 0.2) is 0 Å². The fourth-order valence-corrected chi connectivity index (χ4v) is 2.39. The van der Waals surface area contributed by atoms with Crippen LogP contribution in [-0.4, -0.2) is 26.2 Å². The van der Waals surface area contributed by atoms with E-state index in [1.807, 2.05) is 0 Å². The number of hydrogen-bond donors (Lipinski definition) is 1. The maximum Gasteiger partial charge on any atom is 0.224 e. The Kier molecular flexibility index (Phi) is 4.75. The molecule has 0 heterocycles. The molecule has 1 saturated carbocycles. The van der Waals surface area contributed by atoms with Gasteiger partial charge in [-0.25, -0.2) is 0 Å². The number of ether oxygens (including phenoxy) is 1. The fraction of sp³-hybridized carbons (Fsp3) is 0.786. The molecule has 1 aliphatic rings. The summed E-state index contributed by atoms with van der Waals surface area (Å²) < 4.78 is 4.95. The van der Waals surface area contributed by atoms with Crippen molar-refractivity contribution < 1.29 is 9.53 Å². The second-order valence-electron chi connectivity index (χ2n) is 5.71. The number of amides is 1. The molecular formula is C14H25NO2. The van der Waals surface area contributed by atoms with Gasteiger partial charge in [-0.1, -0.05) is 25.5 Å². The lowest BCUT2D eigenvalue weighted by atomic mass is 10.1. The van der Waals surface area contributed by atoms with Gasteiger partial charge in [-0.15, -0.1) is 0 Å². The quantitative estimate of drug-likeness (QED) is 0.571. The lowest BCUT2D eigenvalue weighted by molar-refractivity contribution is -0.123. The zero-order valence-electron chi connectivity index (χ0n) is 11.7. The second-order valence-corrected chi connectivity index (χ2v) is 5.71. The van der Waals surface area contributed by atoms with Gasteiger partial charge in [-0.05, 0) is 31.6 Å². The molecule has 0 saturated heterocycles. The van der Waals surface area contributed by atoms with Crippen molar-refractivity contribution in [1.29, 1.82) is 0 Å². The molecule has 1 fully saturated rings. The number of hydrogen-bond acceptors (Lipinski definition) is 2. The fourth-order valence-electron chi connectivity index (χ4n) is 2.39. The third kappa shape index (κ3) is 3.56. The summed E-state index contributed by atoms with van der Waals surface area (Å²) in [4.78, 5) is 12.0. The number of nitrogens with one attached hydrogen (secondary N) is 1. The molecule has 1 amide bonds. The summed E-state index contributed by atoms with van der Waals surface area (Å²) in [6.45, 7) is 9.91. The molecule has 1 rings (SSSR count). The summed E-state index contributed by atoms with van der Waals surface area (Å²) in [7, 11) is 1.68. The zero-order chi connectivity index (χ0) is 13.1. The van der Waals surface area contributed by atoms with Crippen LogP contribution in [0.2, 0.25) is 0 Å². The summed E-state index contributed by atoms with van der Waals surface area (Å²) in [5.41, 5.74) is 1.40. The van der Waals surface area contributed by atoms with Gasteiger partial charge in [-0.2, -0.15) is 0 Å². The third-order valence-electron chi connectivity index (χ3n) is 3.53. The molecule has 3 heteroatoms. The minimum Gasteiger partial charge on any atom is -0.385 e. The van der Waals surface area contributed by atoms with Gasteiger partial charge in [0.25, 0.3) is 0 Å². The van der Waals surface area contributed by atoms with E-state index in [4.69, 9.17) is 4.74 Å². The molecule has 2 atom stereocenters. The molecule has 1 N–H and O–H groups in total. The molecule has 0 aromatic heterocycles. The van der Waals surface area contributed by atoms with Crippen LogP contribution in [0.4, 0.5) is 0 Å². The molecule has 0 bridgehead atoms. The highest BCUT2D eigenvalue weighted by Crippen LogP contribution is 2.59. The predicted molar refractivity (Wildman–Crippen MR) is 69.7 cm³/mol. The highest BCUT2D eigenvalue weighted by molar-refractivity contribution is 5.83. The van der Waals surface area contributed by atoms with Crippen molar-refractivity contribution in [3.63, 3.8) is 0 Å². The van der Waals surface area contributed by atoms with Gasteiger partial charge in [0.05, 0.1) is 5.92 Å². The van der Waals surface area contributed by atoms with Crippen molar-refractivity contribution in [2.45, 2.75) is 34.1 Å². The molecule has 0 aromatic carbocycles. The normalized spacial score (nSPS) is 25.2. The van der Waals surface area contributed by atoms with Crippen LogP contribution in [0, 0.1) is 17.3 Å². The second kappa shape index (κ2) is 5.67. The molecule has 0 spiro atoms. The largest absolute Gasteiger partial charge is 0.385 e. The van der Waals surface area contributed by atoms with Gasteiger partial charge in [0.2, 0.25) is 5.91 Å². The molecule has 1 aliphatic carbocycles. The standard InChI is InChI=1S/C14H25NO2/c1-10(2)9-11-12(14(11,3)4)13(16)15-7-6-8-17-5/h9,11-12H,6-8H2,1-5H3,(H,15,16)/t11-,12+/m0/s1. The Bertz CT molecular complexity index is 303. The summed E-state index contributed by atoms with van der Waals surface area (Å²) in [5.74, 6) is 0.725. The van der Waals surface area contributed by atoms with E-state index < -0.39 is 0 Å². The van der Waals surface area contributed by atoms with Crippen LogP contribution >= 0.6 is 0 Å². The highest BCUT2D eigenvalue weighted by Gasteiger charge is 2.60. The van der Waals surface area contributed by atoms with Crippen LogP contribution in [-0.2, 0) is 9.53 Å². The van der Waals surface area contributed by atoms with Gasteiger partial charge in [0, 0.05) is 20.3 Å². The van der Waals surface area contributed by atoms with Gasteiger partial charge >= 0.3 is 0 Å². The molecule has 3 nitrogen and oxygen atoms in total. The van der Waals surface area contributed by atoms with Crippen LogP contribution in [0.5, 0.6) is 0 Å². The van der Waals surface area contributed by atoms with E-state index in [9.17, 15) is 4.79 Å². The number of carbonyl (C=O) groups is 1. The van der Waals surface area contributed by atoms with E-state index in [0.717, 1.165) is 6.42 Å². The SMILES string of the molecule is COCCCNC(=O)[C@H]1[C@H](C=C(C)C)C1(C)C. The smallest absolute Gasteiger partial charge is 0.224 e. The Morgan fingerprint density at radius 1 is 1.41 bits per heavy atom. The number of carbonyl (C=O) groups excluding carboxylic acids is 1. The Hall–Kier alpha value is -0.830. The maximum atomic E-state index is 12.0. The van der Waals surface area contributed by atoms with Crippen LogP contribution in [0.15, 0.2) is 11.6 Å². The van der Waals surface area contributed by atoms with E-state index in [2.05, 4.69) is 39.1 Å². The van der Waals surface area contributed by atoms with E-state index in [0.29, 0.717) is 19.1 Å². The first-order valence-corrected chi connectivity index (χ1v) is 6.33. The van der Waals surface area contributed by atoms with Crippen molar-refractivity contribution >= 4 is 5.91 Å². The van der Waals surface area contributed by atoms with E-state index in [1.165, 1.54) is 5.57 Å². The Labute approximate surface area is 105 Å². The first-order valence-electron chi connectivity index (χ1n) is 6.33. The summed E-state index contributed by atoms with van der Waals surface area (Å²) in [6.07, 6.45) is 3.10. The average molecular weight is 239 g/mol. The van der Waals surface area contributed by atoms with Crippen LogP contribution < -0.4 is 5.32 Å². The van der Waals surface area contributed by atoms with Crippen LogP contribution in [0.25, 0.3) is 0 Å². The lowest BCUT2D eigenvalue weighted by Gasteiger charge is -2.05. The third-order valence-corrected chi connectivity index (χ3v) is 3.53. The van der Waals surface area contributed by atoms with Crippen LogP contribution in [0.1, 0.15) is 34.1 Å². The minimum atomic E-state index is 0.114. The lowest BCUT2D eigenvalue weighted by Crippen LogP contribution is -2.28. The predicted octanol–water partition coefficient (Wildman–Crippen LogP) is 2.38. The maximum absolute atomic E-state index is 12.0. The van der Waals surface area contributed by atoms with Crippen molar-refractivity contribution in [3.8, 4) is 0 Å². The first-order chi connectivity index (χ1) is 7.91. The Morgan fingerprint density at radius 2 is 2.06 bits per heavy atom. The number of rotatable bonds is 6. The molecule has 98 valence electrons. The van der Waals surface area contributed by atoms with E-state index in [1.54, 1.807) is 7.11 Å². The van der Waals surface area contributed by atoms with Crippen LogP contribution in [0.3, 0.4) is 0 Å². The molecule has 0 aliphatic heterocycles.